The van der Waals surface area contributed by atoms with E-state index in [9.17, 15) is 4.79 Å². The Labute approximate surface area is 165 Å². The molecule has 2 aromatic rings. The first kappa shape index (κ1) is 20.2. The number of nitrogens with one attached hydrogen (secondary N) is 1. The lowest BCUT2D eigenvalue weighted by Crippen LogP contribution is -2.05. The van der Waals surface area contributed by atoms with Gasteiger partial charge in [0.05, 0.1) is 36.2 Å². The molecule has 2 aromatic carbocycles. The fourth-order valence-corrected chi connectivity index (χ4v) is 2.94. The maximum atomic E-state index is 11.2. The molecule has 0 atom stereocenters. The molecule has 0 unspecified atom stereocenters. The first-order valence-electron chi connectivity index (χ1n) is 7.23. The minimum Gasteiger partial charge on any atom is -0.493 e. The van der Waals surface area contributed by atoms with Gasteiger partial charge in [0.25, 0.3) is 0 Å². The Hall–Kier alpha value is -2.15. The second-order valence-electron chi connectivity index (χ2n) is 4.96. The quantitative estimate of drug-likeness (QED) is 0.309. The Bertz CT molecular complexity index is 808. The van der Waals surface area contributed by atoms with Crippen LogP contribution in [0, 0.1) is 0 Å². The van der Waals surface area contributed by atoms with E-state index >= 15 is 0 Å². The molecule has 0 aliphatic heterocycles. The molecule has 6 nitrogen and oxygen atoms in total. The zero-order valence-corrected chi connectivity index (χ0v) is 16.4. The maximum Gasteiger partial charge on any atom is 0.308 e. The predicted molar refractivity (Wildman–Crippen MR) is 104 cm³/mol. The zero-order valence-electron chi connectivity index (χ0n) is 14.1. The van der Waals surface area contributed by atoms with Gasteiger partial charge in [0.2, 0.25) is 5.75 Å². The molecule has 26 heavy (non-hydrogen) atoms. The normalized spacial score (nSPS) is 10.7. The van der Waals surface area contributed by atoms with E-state index in [-0.39, 0.29) is 5.75 Å². The van der Waals surface area contributed by atoms with Gasteiger partial charge in [-0.1, -0.05) is 34.8 Å². The van der Waals surface area contributed by atoms with Crippen molar-refractivity contribution in [3.05, 3.63) is 44.9 Å². The lowest BCUT2D eigenvalue weighted by Gasteiger charge is -2.13. The summed E-state index contributed by atoms with van der Waals surface area (Å²) in [6.45, 7) is 1.29. The van der Waals surface area contributed by atoms with Crippen molar-refractivity contribution in [1.82, 2.24) is 0 Å². The van der Waals surface area contributed by atoms with Crippen molar-refractivity contribution in [2.75, 3.05) is 19.6 Å². The molecule has 0 saturated carbocycles. The highest BCUT2D eigenvalue weighted by Gasteiger charge is 2.15. The van der Waals surface area contributed by atoms with E-state index in [0.717, 1.165) is 0 Å². The Kier molecular flexibility index (Phi) is 6.97. The highest BCUT2D eigenvalue weighted by molar-refractivity contribution is 6.41. The fraction of sp³-hybridized carbons (Fsp3) is 0.176. The Balaban J connectivity index is 2.29. The van der Waals surface area contributed by atoms with E-state index < -0.39 is 5.97 Å². The first-order chi connectivity index (χ1) is 12.3. The number of benzene rings is 2. The number of rotatable bonds is 6. The molecule has 0 saturated heterocycles. The molecule has 0 amide bonds. The minimum absolute atomic E-state index is 0.191. The van der Waals surface area contributed by atoms with Gasteiger partial charge >= 0.3 is 5.97 Å². The Morgan fingerprint density at radius 1 is 1.04 bits per heavy atom. The highest BCUT2D eigenvalue weighted by Crippen LogP contribution is 2.38. The van der Waals surface area contributed by atoms with Gasteiger partial charge in [0.1, 0.15) is 0 Å². The van der Waals surface area contributed by atoms with Gasteiger partial charge in [-0.3, -0.25) is 10.2 Å². The van der Waals surface area contributed by atoms with Crippen molar-refractivity contribution >= 4 is 52.7 Å². The second-order valence-corrected chi connectivity index (χ2v) is 6.21. The number of ether oxygens (including phenoxy) is 3. The highest BCUT2D eigenvalue weighted by atomic mass is 35.5. The van der Waals surface area contributed by atoms with Gasteiger partial charge in [-0.05, 0) is 24.3 Å². The van der Waals surface area contributed by atoms with Crippen molar-refractivity contribution in [2.24, 2.45) is 5.10 Å². The number of methoxy groups -OCH3 is 2. The van der Waals surface area contributed by atoms with Gasteiger partial charge in [-0.15, -0.1) is 0 Å². The number of nitrogens with zero attached hydrogens (tertiary/aromatic N) is 1. The topological polar surface area (TPSA) is 69.2 Å². The molecule has 0 fully saturated rings. The van der Waals surface area contributed by atoms with Gasteiger partial charge in [0.15, 0.2) is 11.5 Å². The molecule has 0 bridgehead atoms. The molecular formula is C17H15Cl3N2O4. The predicted octanol–water partition coefficient (Wildman–Crippen LogP) is 5.04. The first-order valence-corrected chi connectivity index (χ1v) is 8.37. The van der Waals surface area contributed by atoms with E-state index in [1.54, 1.807) is 24.3 Å². The van der Waals surface area contributed by atoms with Gasteiger partial charge in [-0.25, -0.2) is 0 Å². The number of carbonyl (C=O) groups is 1. The number of hydrazone groups is 1. The van der Waals surface area contributed by atoms with Crippen LogP contribution in [-0.2, 0) is 4.79 Å². The number of carbonyl (C=O) groups excluding carboxylic acids is 1. The molecule has 1 N–H and O–H groups in total. The lowest BCUT2D eigenvalue weighted by atomic mass is 10.2. The van der Waals surface area contributed by atoms with Crippen LogP contribution in [0.4, 0.5) is 5.69 Å². The molecule has 0 aliphatic carbocycles. The third kappa shape index (κ3) is 4.94. The third-order valence-electron chi connectivity index (χ3n) is 3.13. The molecule has 0 heterocycles. The summed E-state index contributed by atoms with van der Waals surface area (Å²) in [5.74, 6) is 0.347. The van der Waals surface area contributed by atoms with E-state index in [1.807, 2.05) is 0 Å². The summed E-state index contributed by atoms with van der Waals surface area (Å²) < 4.78 is 15.6. The van der Waals surface area contributed by atoms with Gasteiger partial charge in [-0.2, -0.15) is 5.10 Å². The maximum absolute atomic E-state index is 11.2. The number of hydrogen-bond donors (Lipinski definition) is 1. The molecule has 9 heteroatoms. The van der Waals surface area contributed by atoms with Crippen LogP contribution in [0.25, 0.3) is 0 Å². The molecule has 0 aliphatic rings. The van der Waals surface area contributed by atoms with Crippen LogP contribution in [0.3, 0.4) is 0 Å². The van der Waals surface area contributed by atoms with Crippen LogP contribution in [0.5, 0.6) is 17.2 Å². The molecule has 0 radical (unpaired) electrons. The smallest absolute Gasteiger partial charge is 0.308 e. The number of hydrogen-bond acceptors (Lipinski definition) is 6. The van der Waals surface area contributed by atoms with E-state index in [1.165, 1.54) is 27.4 Å². The monoisotopic (exact) mass is 416 g/mol. The summed E-state index contributed by atoms with van der Waals surface area (Å²) in [6.07, 6.45) is 1.50. The van der Waals surface area contributed by atoms with Crippen molar-refractivity contribution in [3.8, 4) is 17.2 Å². The van der Waals surface area contributed by atoms with Crippen molar-refractivity contribution in [1.29, 1.82) is 0 Å². The largest absolute Gasteiger partial charge is 0.493 e. The summed E-state index contributed by atoms with van der Waals surface area (Å²) in [6, 6.07) is 6.37. The van der Waals surface area contributed by atoms with Crippen LogP contribution < -0.4 is 19.6 Å². The summed E-state index contributed by atoms with van der Waals surface area (Å²) in [7, 11) is 2.91. The van der Waals surface area contributed by atoms with Gasteiger partial charge in [0, 0.05) is 17.5 Å². The molecule has 0 aromatic heterocycles. The molecular weight excluding hydrogens is 403 g/mol. The van der Waals surface area contributed by atoms with Crippen LogP contribution >= 0.6 is 34.8 Å². The fourth-order valence-electron chi connectivity index (χ4n) is 2.04. The van der Waals surface area contributed by atoms with E-state index in [0.29, 0.717) is 37.8 Å². The number of anilines is 1. The molecule has 138 valence electrons. The SMILES string of the molecule is COc1cc(/C=N\Nc2c(Cl)cc(Cl)cc2Cl)cc(OC)c1OC(C)=O. The van der Waals surface area contributed by atoms with E-state index in [2.05, 4.69) is 10.5 Å². The number of esters is 1. The summed E-state index contributed by atoms with van der Waals surface area (Å²) in [5.41, 5.74) is 3.81. The summed E-state index contributed by atoms with van der Waals surface area (Å²) in [5, 5.41) is 5.19. The Morgan fingerprint density at radius 3 is 2.04 bits per heavy atom. The zero-order chi connectivity index (χ0) is 19.3. The average molecular weight is 418 g/mol. The lowest BCUT2D eigenvalue weighted by molar-refractivity contribution is -0.132. The molecule has 0 spiro atoms. The third-order valence-corrected chi connectivity index (χ3v) is 3.94. The van der Waals surface area contributed by atoms with Crippen LogP contribution in [-0.4, -0.2) is 26.4 Å². The van der Waals surface area contributed by atoms with E-state index in [4.69, 9.17) is 49.0 Å². The van der Waals surface area contributed by atoms with Crippen LogP contribution in [0.2, 0.25) is 15.1 Å². The molecule has 2 rings (SSSR count). The second kappa shape index (κ2) is 8.98. The standard InChI is InChI=1S/C17H15Cl3N2O4/c1-9(23)26-17-14(24-2)4-10(5-15(17)25-3)8-21-22-16-12(19)6-11(18)7-13(16)20/h4-8,22H,1-3H3/b21-8-. The van der Waals surface area contributed by atoms with Crippen molar-refractivity contribution in [3.63, 3.8) is 0 Å². The number of halogens is 3. The van der Waals surface area contributed by atoms with Crippen LogP contribution in [0.15, 0.2) is 29.4 Å². The van der Waals surface area contributed by atoms with Crippen molar-refractivity contribution in [2.45, 2.75) is 6.92 Å². The minimum atomic E-state index is -0.489. The summed E-state index contributed by atoms with van der Waals surface area (Å²) >= 11 is 18.0. The van der Waals surface area contributed by atoms with Crippen molar-refractivity contribution < 1.29 is 19.0 Å². The average Bonchev–Trinajstić information content (AvgIpc) is 2.57. The summed E-state index contributed by atoms with van der Waals surface area (Å²) in [4.78, 5) is 11.2. The Morgan fingerprint density at radius 2 is 1.58 bits per heavy atom. The van der Waals surface area contributed by atoms with Crippen LogP contribution in [0.1, 0.15) is 12.5 Å². The van der Waals surface area contributed by atoms with Gasteiger partial charge < -0.3 is 14.2 Å².